The molecule has 1 N–H and O–H groups in total. The first-order chi connectivity index (χ1) is 7.43. The Morgan fingerprint density at radius 3 is 2.50 bits per heavy atom. The van der Waals surface area contributed by atoms with E-state index >= 15 is 0 Å². The topological polar surface area (TPSA) is 96.3 Å². The Kier molecular flexibility index (Phi) is 3.88. The van der Waals surface area contributed by atoms with Gasteiger partial charge in [-0.3, -0.25) is 4.79 Å². The number of methoxy groups -OCH3 is 1. The second-order valence-electron chi connectivity index (χ2n) is 3.84. The highest BCUT2D eigenvalue weighted by atomic mass is 32.2. The Labute approximate surface area is 94.6 Å². The summed E-state index contributed by atoms with van der Waals surface area (Å²) in [6.45, 7) is 0. The van der Waals surface area contributed by atoms with Gasteiger partial charge in [0.2, 0.25) is 10.0 Å². The molecule has 0 aromatic carbocycles. The third kappa shape index (κ3) is 3.18. The van der Waals surface area contributed by atoms with Crippen LogP contribution in [0.2, 0.25) is 0 Å². The van der Waals surface area contributed by atoms with E-state index in [-0.39, 0.29) is 0 Å². The molecule has 7 heteroatoms. The van der Waals surface area contributed by atoms with Crippen LogP contribution in [0.4, 0.5) is 0 Å². The van der Waals surface area contributed by atoms with E-state index in [0.717, 1.165) is 20.0 Å². The first-order valence-electron chi connectivity index (χ1n) is 4.93. The van der Waals surface area contributed by atoms with Crippen LogP contribution in [-0.2, 0) is 19.6 Å². The molecule has 6 nitrogen and oxygen atoms in total. The van der Waals surface area contributed by atoms with Crippen molar-refractivity contribution in [1.82, 2.24) is 4.72 Å². The highest BCUT2D eigenvalue weighted by Gasteiger charge is 2.38. The lowest BCUT2D eigenvalue weighted by atomic mass is 10.0. The zero-order chi connectivity index (χ0) is 12.2. The summed E-state index contributed by atoms with van der Waals surface area (Å²) in [5.74, 6) is -1.58. The Morgan fingerprint density at radius 1 is 1.50 bits per heavy atom. The molecule has 1 rings (SSSR count). The molecular weight excluding hydrogens is 232 g/mol. The van der Waals surface area contributed by atoms with Crippen LogP contribution in [0.25, 0.3) is 0 Å². The maximum atomic E-state index is 11.6. The number of carbonyl (C=O) groups is 1. The van der Waals surface area contributed by atoms with E-state index in [9.17, 15) is 13.2 Å². The van der Waals surface area contributed by atoms with Crippen molar-refractivity contribution in [3.8, 4) is 6.07 Å². The van der Waals surface area contributed by atoms with Gasteiger partial charge in [-0.1, -0.05) is 12.8 Å². The fourth-order valence-electron chi connectivity index (χ4n) is 1.76. The molecule has 0 aromatic rings. The van der Waals surface area contributed by atoms with Gasteiger partial charge in [0.1, 0.15) is 5.54 Å². The first-order valence-corrected chi connectivity index (χ1v) is 6.58. The molecule has 0 atom stereocenters. The lowest BCUT2D eigenvalue weighted by molar-refractivity contribution is -0.137. The Balaban J connectivity index is 2.72. The summed E-state index contributed by atoms with van der Waals surface area (Å²) < 4.78 is 29.7. The van der Waals surface area contributed by atoms with Crippen LogP contribution in [0.15, 0.2) is 0 Å². The van der Waals surface area contributed by atoms with Crippen molar-refractivity contribution in [2.24, 2.45) is 0 Å². The molecule has 0 saturated heterocycles. The van der Waals surface area contributed by atoms with Crippen LogP contribution >= 0.6 is 0 Å². The largest absolute Gasteiger partial charge is 0.468 e. The van der Waals surface area contributed by atoms with E-state index in [0.29, 0.717) is 12.8 Å². The number of nitrogens with zero attached hydrogens (tertiary/aromatic N) is 1. The van der Waals surface area contributed by atoms with Crippen LogP contribution in [0.1, 0.15) is 25.7 Å². The van der Waals surface area contributed by atoms with Crippen molar-refractivity contribution < 1.29 is 17.9 Å². The molecule has 0 radical (unpaired) electrons. The molecule has 0 unspecified atom stereocenters. The highest BCUT2D eigenvalue weighted by Crippen LogP contribution is 2.29. The predicted molar refractivity (Wildman–Crippen MR) is 55.8 cm³/mol. The van der Waals surface area contributed by atoms with Gasteiger partial charge in [-0.25, -0.2) is 8.42 Å². The third-order valence-corrected chi connectivity index (χ3v) is 3.88. The maximum absolute atomic E-state index is 11.6. The smallest absolute Gasteiger partial charge is 0.322 e. The lowest BCUT2D eigenvalue weighted by Crippen LogP contribution is -2.47. The van der Waals surface area contributed by atoms with Crippen molar-refractivity contribution in [2.45, 2.75) is 31.2 Å². The highest BCUT2D eigenvalue weighted by molar-refractivity contribution is 7.90. The third-order valence-electron chi connectivity index (χ3n) is 2.56. The van der Waals surface area contributed by atoms with Gasteiger partial charge in [-0.15, -0.1) is 0 Å². The monoisotopic (exact) mass is 246 g/mol. The van der Waals surface area contributed by atoms with E-state index in [1.165, 1.54) is 0 Å². The van der Waals surface area contributed by atoms with Crippen molar-refractivity contribution in [3.05, 3.63) is 0 Å². The van der Waals surface area contributed by atoms with Gasteiger partial charge >= 0.3 is 5.97 Å². The Morgan fingerprint density at radius 2 is 2.06 bits per heavy atom. The summed E-state index contributed by atoms with van der Waals surface area (Å²) in [6.07, 6.45) is 2.61. The quantitative estimate of drug-likeness (QED) is 0.699. The Hall–Kier alpha value is -1.13. The van der Waals surface area contributed by atoms with Crippen LogP contribution in [0, 0.1) is 11.3 Å². The normalized spacial score (nSPS) is 19.0. The van der Waals surface area contributed by atoms with Gasteiger partial charge in [0.05, 0.1) is 13.2 Å². The molecule has 1 aliphatic rings. The van der Waals surface area contributed by atoms with Crippen LogP contribution in [0.3, 0.4) is 0 Å². The number of rotatable bonds is 4. The molecule has 0 heterocycles. The van der Waals surface area contributed by atoms with Crippen molar-refractivity contribution >= 4 is 16.0 Å². The van der Waals surface area contributed by atoms with Crippen molar-refractivity contribution in [3.63, 3.8) is 0 Å². The van der Waals surface area contributed by atoms with Gasteiger partial charge < -0.3 is 4.74 Å². The summed E-state index contributed by atoms with van der Waals surface area (Å²) in [7, 11) is -2.68. The molecule has 90 valence electrons. The van der Waals surface area contributed by atoms with Crippen LogP contribution < -0.4 is 4.72 Å². The number of ether oxygens (including phenoxy) is 1. The second-order valence-corrected chi connectivity index (χ2v) is 5.56. The van der Waals surface area contributed by atoms with Gasteiger partial charge in [0.25, 0.3) is 0 Å². The summed E-state index contributed by atoms with van der Waals surface area (Å²) in [5, 5.41) is 8.98. The van der Waals surface area contributed by atoms with E-state index in [4.69, 9.17) is 5.26 Å². The van der Waals surface area contributed by atoms with E-state index < -0.39 is 27.3 Å². The molecule has 0 spiro atoms. The molecule has 0 aliphatic heterocycles. The predicted octanol–water partition coefficient (Wildman–Crippen LogP) is -0.0848. The molecule has 0 bridgehead atoms. The van der Waals surface area contributed by atoms with Crippen LogP contribution in [0.5, 0.6) is 0 Å². The molecule has 1 saturated carbocycles. The zero-order valence-electron chi connectivity index (χ0n) is 9.02. The fraction of sp³-hybridized carbons (Fsp3) is 0.778. The number of hydrogen-bond acceptors (Lipinski definition) is 5. The number of sulfonamides is 1. The van der Waals surface area contributed by atoms with E-state index in [2.05, 4.69) is 9.46 Å². The summed E-state index contributed by atoms with van der Waals surface area (Å²) >= 11 is 0. The van der Waals surface area contributed by atoms with Crippen molar-refractivity contribution in [2.75, 3.05) is 12.9 Å². The SMILES string of the molecule is COC(=O)CS(=O)(=O)NC1(C#N)CCCC1. The minimum Gasteiger partial charge on any atom is -0.468 e. The average Bonchev–Trinajstić information content (AvgIpc) is 2.65. The fourth-order valence-corrected chi connectivity index (χ4v) is 3.11. The molecule has 0 amide bonds. The Bertz CT molecular complexity index is 404. The maximum Gasteiger partial charge on any atom is 0.322 e. The molecule has 0 aromatic heterocycles. The summed E-state index contributed by atoms with van der Waals surface area (Å²) in [5.41, 5.74) is -1.03. The minimum atomic E-state index is -3.79. The van der Waals surface area contributed by atoms with Gasteiger partial charge in [0, 0.05) is 0 Å². The number of nitrogens with one attached hydrogen (secondary N) is 1. The molecule has 1 fully saturated rings. The minimum absolute atomic E-state index is 0.490. The molecule has 1 aliphatic carbocycles. The van der Waals surface area contributed by atoms with Gasteiger partial charge in [-0.2, -0.15) is 9.98 Å². The van der Waals surface area contributed by atoms with Gasteiger partial charge in [-0.05, 0) is 12.8 Å². The number of carbonyl (C=O) groups excluding carboxylic acids is 1. The standard InChI is InChI=1S/C9H14N2O4S/c1-15-8(12)6-16(13,14)11-9(7-10)4-2-3-5-9/h11H,2-6H2,1H3. The second kappa shape index (κ2) is 4.80. The first kappa shape index (κ1) is 12.9. The van der Waals surface area contributed by atoms with Crippen molar-refractivity contribution in [1.29, 1.82) is 5.26 Å². The van der Waals surface area contributed by atoms with Crippen LogP contribution in [-0.4, -0.2) is 32.8 Å². The number of hydrogen-bond donors (Lipinski definition) is 1. The van der Waals surface area contributed by atoms with Gasteiger partial charge in [0.15, 0.2) is 5.75 Å². The molecule has 16 heavy (non-hydrogen) atoms. The van der Waals surface area contributed by atoms with E-state index in [1.54, 1.807) is 0 Å². The molecular formula is C9H14N2O4S. The average molecular weight is 246 g/mol. The lowest BCUT2D eigenvalue weighted by Gasteiger charge is -2.21. The summed E-state index contributed by atoms with van der Waals surface area (Å²) in [6, 6.07) is 1.98. The number of nitriles is 1. The number of esters is 1. The summed E-state index contributed by atoms with van der Waals surface area (Å²) in [4.78, 5) is 10.9. The zero-order valence-corrected chi connectivity index (χ0v) is 9.84. The van der Waals surface area contributed by atoms with E-state index in [1.807, 2.05) is 6.07 Å².